The number of hydrogen-bond acceptors (Lipinski definition) is 4. The van der Waals surface area contributed by atoms with E-state index in [0.717, 1.165) is 4.90 Å². The summed E-state index contributed by atoms with van der Waals surface area (Å²) in [5.41, 5.74) is 3.58. The molecule has 1 aliphatic heterocycles. The van der Waals surface area contributed by atoms with Gasteiger partial charge in [-0.15, -0.1) is 11.8 Å². The van der Waals surface area contributed by atoms with Crippen molar-refractivity contribution in [3.63, 3.8) is 0 Å². The third-order valence-corrected chi connectivity index (χ3v) is 7.17. The van der Waals surface area contributed by atoms with Crippen molar-refractivity contribution in [2.45, 2.75) is 38.1 Å². The van der Waals surface area contributed by atoms with Gasteiger partial charge >= 0.3 is 0 Å². The standard InChI is InChI=1S/C16H23NO3S2/c1-11-7-12(2)16(13(3)8-11)21-9-15(18)17(4)14-5-6-22(19,20)10-14/h7-8,14H,5-6,9-10H2,1-4H3. The Hall–Kier alpha value is -1.01. The molecule has 0 bridgehead atoms. The molecule has 1 fully saturated rings. The number of carbonyl (C=O) groups excluding carboxylic acids is 1. The van der Waals surface area contributed by atoms with Gasteiger partial charge in [-0.1, -0.05) is 17.7 Å². The quantitative estimate of drug-likeness (QED) is 0.789. The van der Waals surface area contributed by atoms with E-state index in [1.165, 1.54) is 28.5 Å². The van der Waals surface area contributed by atoms with Crippen molar-refractivity contribution in [2.24, 2.45) is 0 Å². The van der Waals surface area contributed by atoms with Gasteiger partial charge in [-0.05, 0) is 38.3 Å². The number of rotatable bonds is 4. The number of sulfone groups is 1. The first-order valence-corrected chi connectivity index (χ1v) is 10.2. The van der Waals surface area contributed by atoms with E-state index in [4.69, 9.17) is 0 Å². The molecule has 6 heteroatoms. The van der Waals surface area contributed by atoms with Crippen molar-refractivity contribution in [3.05, 3.63) is 28.8 Å². The van der Waals surface area contributed by atoms with E-state index in [-0.39, 0.29) is 23.5 Å². The molecule has 2 rings (SSSR count). The number of benzene rings is 1. The third-order valence-electron chi connectivity index (χ3n) is 4.09. The zero-order valence-electron chi connectivity index (χ0n) is 13.5. The van der Waals surface area contributed by atoms with Crippen LogP contribution in [0.1, 0.15) is 23.1 Å². The lowest BCUT2D eigenvalue weighted by Gasteiger charge is -2.23. The van der Waals surface area contributed by atoms with Crippen molar-refractivity contribution in [3.8, 4) is 0 Å². The molecule has 0 aromatic heterocycles. The van der Waals surface area contributed by atoms with Crippen molar-refractivity contribution < 1.29 is 13.2 Å². The summed E-state index contributed by atoms with van der Waals surface area (Å²) < 4.78 is 23.1. The van der Waals surface area contributed by atoms with Gasteiger partial charge in [0.25, 0.3) is 0 Å². The van der Waals surface area contributed by atoms with Crippen molar-refractivity contribution >= 4 is 27.5 Å². The van der Waals surface area contributed by atoms with E-state index in [2.05, 4.69) is 32.9 Å². The molecule has 1 amide bonds. The number of amides is 1. The maximum atomic E-state index is 12.3. The molecule has 0 N–H and O–H groups in total. The van der Waals surface area contributed by atoms with Gasteiger partial charge in [0.2, 0.25) is 5.91 Å². The second-order valence-corrected chi connectivity index (χ2v) is 9.29. The Morgan fingerprint density at radius 1 is 1.27 bits per heavy atom. The van der Waals surface area contributed by atoms with Gasteiger partial charge in [0, 0.05) is 18.0 Å². The summed E-state index contributed by atoms with van der Waals surface area (Å²) in [6, 6.07) is 4.07. The number of carbonyl (C=O) groups is 1. The molecular formula is C16H23NO3S2. The van der Waals surface area contributed by atoms with E-state index in [9.17, 15) is 13.2 Å². The van der Waals surface area contributed by atoms with Crippen molar-refractivity contribution in [2.75, 3.05) is 24.3 Å². The van der Waals surface area contributed by atoms with Gasteiger partial charge in [0.05, 0.1) is 17.3 Å². The highest BCUT2D eigenvalue weighted by Crippen LogP contribution is 2.28. The van der Waals surface area contributed by atoms with E-state index in [1.54, 1.807) is 11.9 Å². The largest absolute Gasteiger partial charge is 0.341 e. The van der Waals surface area contributed by atoms with Gasteiger partial charge < -0.3 is 4.90 Å². The lowest BCUT2D eigenvalue weighted by molar-refractivity contribution is -0.128. The topological polar surface area (TPSA) is 54.5 Å². The molecule has 0 saturated carbocycles. The summed E-state index contributed by atoms with van der Waals surface area (Å²) >= 11 is 1.54. The minimum atomic E-state index is -2.96. The first-order valence-electron chi connectivity index (χ1n) is 7.36. The Balaban J connectivity index is 1.99. The molecule has 1 heterocycles. The van der Waals surface area contributed by atoms with Gasteiger partial charge in [0.15, 0.2) is 9.84 Å². The van der Waals surface area contributed by atoms with Crippen LogP contribution in [-0.4, -0.2) is 49.6 Å². The predicted octanol–water partition coefficient (Wildman–Crippen LogP) is 2.35. The van der Waals surface area contributed by atoms with Crippen LogP contribution in [0.25, 0.3) is 0 Å². The molecule has 0 spiro atoms. The van der Waals surface area contributed by atoms with Crippen molar-refractivity contribution in [1.82, 2.24) is 4.90 Å². The third kappa shape index (κ3) is 4.04. The number of thioether (sulfide) groups is 1. The summed E-state index contributed by atoms with van der Waals surface area (Å²) in [7, 11) is -1.25. The normalized spacial score (nSPS) is 20.1. The van der Waals surface area contributed by atoms with E-state index >= 15 is 0 Å². The molecule has 0 radical (unpaired) electrons. The van der Waals surface area contributed by atoms with Crippen LogP contribution in [0, 0.1) is 20.8 Å². The van der Waals surface area contributed by atoms with E-state index < -0.39 is 9.84 Å². The highest BCUT2D eigenvalue weighted by Gasteiger charge is 2.32. The zero-order valence-corrected chi connectivity index (χ0v) is 15.2. The van der Waals surface area contributed by atoms with Crippen LogP contribution in [-0.2, 0) is 14.6 Å². The Kier molecular flexibility index (Phi) is 5.22. The average molecular weight is 341 g/mol. The molecule has 1 aliphatic rings. The predicted molar refractivity (Wildman–Crippen MR) is 91.2 cm³/mol. The first-order chi connectivity index (χ1) is 10.2. The average Bonchev–Trinajstić information content (AvgIpc) is 2.76. The zero-order chi connectivity index (χ0) is 16.5. The minimum Gasteiger partial charge on any atom is -0.341 e. The van der Waals surface area contributed by atoms with Crippen LogP contribution < -0.4 is 0 Å². The molecule has 1 aromatic carbocycles. The minimum absolute atomic E-state index is 0.00789. The molecule has 1 aromatic rings. The molecule has 1 saturated heterocycles. The summed E-state index contributed by atoms with van der Waals surface area (Å²) in [4.78, 5) is 15.1. The van der Waals surface area contributed by atoms with Crippen LogP contribution >= 0.6 is 11.8 Å². The molecular weight excluding hydrogens is 318 g/mol. The van der Waals surface area contributed by atoms with Gasteiger partial charge in [0.1, 0.15) is 0 Å². The maximum absolute atomic E-state index is 12.3. The number of hydrogen-bond donors (Lipinski definition) is 0. The molecule has 122 valence electrons. The fraction of sp³-hybridized carbons (Fsp3) is 0.562. The van der Waals surface area contributed by atoms with Crippen LogP contribution in [0.3, 0.4) is 0 Å². The summed E-state index contributed by atoms with van der Waals surface area (Å²) in [5, 5.41) is 0. The fourth-order valence-electron chi connectivity index (χ4n) is 2.91. The van der Waals surface area contributed by atoms with E-state index in [1.807, 2.05) is 0 Å². The number of aryl methyl sites for hydroxylation is 3. The smallest absolute Gasteiger partial charge is 0.232 e. The summed E-state index contributed by atoms with van der Waals surface area (Å²) in [6.07, 6.45) is 0.553. The summed E-state index contributed by atoms with van der Waals surface area (Å²) in [6.45, 7) is 6.17. The number of nitrogens with zero attached hydrogens (tertiary/aromatic N) is 1. The van der Waals surface area contributed by atoms with Gasteiger partial charge in [-0.3, -0.25) is 4.79 Å². The second-order valence-electron chi connectivity index (χ2n) is 6.08. The Bertz CT molecular complexity index is 660. The Morgan fingerprint density at radius 3 is 2.36 bits per heavy atom. The molecule has 1 unspecified atom stereocenters. The second kappa shape index (κ2) is 6.62. The van der Waals surface area contributed by atoms with Crippen molar-refractivity contribution in [1.29, 1.82) is 0 Å². The lowest BCUT2D eigenvalue weighted by atomic mass is 10.1. The summed E-state index contributed by atoms with van der Waals surface area (Å²) in [5.74, 6) is 0.630. The van der Waals surface area contributed by atoms with Crippen LogP contribution in [0.4, 0.5) is 0 Å². The first kappa shape index (κ1) is 17.3. The molecule has 22 heavy (non-hydrogen) atoms. The monoisotopic (exact) mass is 341 g/mol. The van der Waals surface area contributed by atoms with Crippen LogP contribution in [0.2, 0.25) is 0 Å². The lowest BCUT2D eigenvalue weighted by Crippen LogP contribution is -2.38. The van der Waals surface area contributed by atoms with Gasteiger partial charge in [-0.25, -0.2) is 8.42 Å². The van der Waals surface area contributed by atoms with Crippen LogP contribution in [0.15, 0.2) is 17.0 Å². The van der Waals surface area contributed by atoms with Crippen LogP contribution in [0.5, 0.6) is 0 Å². The van der Waals surface area contributed by atoms with Gasteiger partial charge in [-0.2, -0.15) is 0 Å². The SMILES string of the molecule is Cc1cc(C)c(SCC(=O)N(C)C2CCS(=O)(=O)C2)c(C)c1. The highest BCUT2D eigenvalue weighted by atomic mass is 32.2. The van der Waals surface area contributed by atoms with E-state index in [0.29, 0.717) is 12.2 Å². The Morgan fingerprint density at radius 2 is 1.86 bits per heavy atom. The highest BCUT2D eigenvalue weighted by molar-refractivity contribution is 8.00. The molecule has 4 nitrogen and oxygen atoms in total. The maximum Gasteiger partial charge on any atom is 0.232 e. The Labute approximate surface area is 137 Å². The molecule has 1 atom stereocenters. The molecule has 0 aliphatic carbocycles. The fourth-order valence-corrected chi connectivity index (χ4v) is 5.73.